The first-order valence-electron chi connectivity index (χ1n) is 7.14. The zero-order valence-corrected chi connectivity index (χ0v) is 14.3. The second-order valence-electron chi connectivity index (χ2n) is 5.12. The second kappa shape index (κ2) is 6.98. The molecule has 0 aliphatic rings. The second-order valence-corrected chi connectivity index (χ2v) is 7.41. The fourth-order valence-electron chi connectivity index (χ4n) is 2.02. The first-order chi connectivity index (χ1) is 11.5. The molecule has 0 fully saturated rings. The highest BCUT2D eigenvalue weighted by molar-refractivity contribution is 7.99. The van der Waals surface area contributed by atoms with Gasteiger partial charge in [0.1, 0.15) is 11.5 Å². The molecule has 3 aromatic carbocycles. The Hall–Kier alpha value is -2.44. The van der Waals surface area contributed by atoms with Gasteiger partial charge in [0.15, 0.2) is 0 Å². The number of hydrogen-bond acceptors (Lipinski definition) is 6. The van der Waals surface area contributed by atoms with Crippen LogP contribution in [0.15, 0.2) is 80.2 Å². The molecule has 0 radical (unpaired) electrons. The van der Waals surface area contributed by atoms with Gasteiger partial charge in [-0.05, 0) is 60.7 Å². The van der Waals surface area contributed by atoms with Gasteiger partial charge in [-0.25, -0.2) is 0 Å². The van der Waals surface area contributed by atoms with Crippen LogP contribution in [0, 0.1) is 0 Å². The van der Waals surface area contributed by atoms with E-state index in [2.05, 4.69) is 0 Å². The highest BCUT2D eigenvalue weighted by Crippen LogP contribution is 2.35. The third-order valence-electron chi connectivity index (χ3n) is 3.30. The molecule has 0 aromatic heterocycles. The van der Waals surface area contributed by atoms with Crippen molar-refractivity contribution in [1.29, 1.82) is 0 Å². The van der Waals surface area contributed by atoms with Gasteiger partial charge in [-0.15, -0.1) is 0 Å². The number of phenolic OH excluding ortho intramolecular Hbond substituents is 2. The van der Waals surface area contributed by atoms with Crippen LogP contribution in [0.2, 0.25) is 0 Å². The molecule has 0 aliphatic carbocycles. The molecule has 0 unspecified atom stereocenters. The van der Waals surface area contributed by atoms with E-state index in [9.17, 15) is 10.2 Å². The van der Waals surface area contributed by atoms with E-state index in [1.54, 1.807) is 47.8 Å². The van der Waals surface area contributed by atoms with Crippen molar-refractivity contribution in [1.82, 2.24) is 0 Å². The molecule has 6 N–H and O–H groups in total. The molecule has 4 nitrogen and oxygen atoms in total. The number of benzene rings is 3. The summed E-state index contributed by atoms with van der Waals surface area (Å²) < 4.78 is 0. The maximum atomic E-state index is 9.66. The lowest BCUT2D eigenvalue weighted by Gasteiger charge is -2.07. The Labute approximate surface area is 148 Å². The molecule has 0 saturated heterocycles. The Morgan fingerprint density at radius 2 is 0.875 bits per heavy atom. The van der Waals surface area contributed by atoms with E-state index in [-0.39, 0.29) is 11.5 Å². The van der Waals surface area contributed by atoms with Crippen molar-refractivity contribution in [2.75, 3.05) is 11.5 Å². The Bertz CT molecular complexity index is 795. The predicted octanol–water partition coefficient (Wildman–Crippen LogP) is 4.56. The van der Waals surface area contributed by atoms with Crippen LogP contribution < -0.4 is 11.5 Å². The zero-order valence-electron chi connectivity index (χ0n) is 12.6. The summed E-state index contributed by atoms with van der Waals surface area (Å²) in [5, 5.41) is 19.3. The lowest BCUT2D eigenvalue weighted by Crippen LogP contribution is -1.85. The van der Waals surface area contributed by atoms with E-state index >= 15 is 0 Å². The molecule has 6 heteroatoms. The fraction of sp³-hybridized carbons (Fsp3) is 0. The summed E-state index contributed by atoms with van der Waals surface area (Å²) in [7, 11) is 0. The molecular weight excluding hydrogens is 340 g/mol. The Balaban J connectivity index is 1.70. The lowest BCUT2D eigenvalue weighted by atomic mass is 10.3. The van der Waals surface area contributed by atoms with E-state index in [1.807, 2.05) is 36.4 Å². The number of nitrogens with two attached hydrogens (primary N) is 2. The van der Waals surface area contributed by atoms with Crippen LogP contribution in [0.1, 0.15) is 0 Å². The van der Waals surface area contributed by atoms with E-state index in [1.165, 1.54) is 0 Å². The minimum atomic E-state index is 0.0929. The minimum Gasteiger partial charge on any atom is -0.506 e. The van der Waals surface area contributed by atoms with Gasteiger partial charge in [0.05, 0.1) is 11.4 Å². The maximum Gasteiger partial charge on any atom is 0.139 e. The van der Waals surface area contributed by atoms with Crippen LogP contribution in [0.3, 0.4) is 0 Å². The molecule has 0 amide bonds. The molecule has 0 saturated carbocycles. The first-order valence-corrected chi connectivity index (χ1v) is 8.77. The number of nitrogen functional groups attached to an aromatic ring is 2. The summed E-state index contributed by atoms with van der Waals surface area (Å²) in [6.07, 6.45) is 0. The van der Waals surface area contributed by atoms with Gasteiger partial charge in [0.2, 0.25) is 0 Å². The molecule has 3 rings (SSSR count). The van der Waals surface area contributed by atoms with Crippen LogP contribution in [-0.4, -0.2) is 10.2 Å². The van der Waals surface area contributed by atoms with Crippen molar-refractivity contribution < 1.29 is 10.2 Å². The molecule has 0 bridgehead atoms. The van der Waals surface area contributed by atoms with Gasteiger partial charge in [0.25, 0.3) is 0 Å². The SMILES string of the molecule is Nc1ccc(Sc2ccc(Sc3ccc(N)c(O)c3)cc2)cc1O. The van der Waals surface area contributed by atoms with Crippen LogP contribution in [0.25, 0.3) is 0 Å². The van der Waals surface area contributed by atoms with Crippen LogP contribution in [0.4, 0.5) is 11.4 Å². The van der Waals surface area contributed by atoms with Crippen LogP contribution in [0.5, 0.6) is 11.5 Å². The molecule has 0 spiro atoms. The lowest BCUT2D eigenvalue weighted by molar-refractivity contribution is 0.476. The molecule has 0 aliphatic heterocycles. The minimum absolute atomic E-state index is 0.0929. The number of hydrogen-bond donors (Lipinski definition) is 4. The van der Waals surface area contributed by atoms with E-state index in [4.69, 9.17) is 11.5 Å². The monoisotopic (exact) mass is 356 g/mol. The van der Waals surface area contributed by atoms with Crippen LogP contribution >= 0.6 is 23.5 Å². The van der Waals surface area contributed by atoms with Gasteiger partial charge in [-0.1, -0.05) is 23.5 Å². The summed E-state index contributed by atoms with van der Waals surface area (Å²) in [5.74, 6) is 0.186. The van der Waals surface area contributed by atoms with Crippen molar-refractivity contribution in [2.24, 2.45) is 0 Å². The highest BCUT2D eigenvalue weighted by Gasteiger charge is 2.04. The third-order valence-corrected chi connectivity index (χ3v) is 5.29. The average molecular weight is 356 g/mol. The quantitative estimate of drug-likeness (QED) is 0.404. The van der Waals surface area contributed by atoms with Crippen molar-refractivity contribution in [3.63, 3.8) is 0 Å². The van der Waals surface area contributed by atoms with Crippen molar-refractivity contribution >= 4 is 34.9 Å². The zero-order chi connectivity index (χ0) is 17.1. The predicted molar refractivity (Wildman–Crippen MR) is 99.7 cm³/mol. The van der Waals surface area contributed by atoms with Crippen molar-refractivity contribution in [3.05, 3.63) is 60.7 Å². The smallest absolute Gasteiger partial charge is 0.139 e. The number of phenols is 2. The average Bonchev–Trinajstić information content (AvgIpc) is 2.56. The molecular formula is C18H16N2O2S2. The number of anilines is 2. The topological polar surface area (TPSA) is 92.5 Å². The first kappa shape index (κ1) is 16.4. The van der Waals surface area contributed by atoms with Gasteiger partial charge in [-0.3, -0.25) is 0 Å². The van der Waals surface area contributed by atoms with Gasteiger partial charge >= 0.3 is 0 Å². The number of rotatable bonds is 4. The molecule has 3 aromatic rings. The van der Waals surface area contributed by atoms with E-state index in [0.717, 1.165) is 19.6 Å². The fourth-order valence-corrected chi connectivity index (χ4v) is 3.72. The van der Waals surface area contributed by atoms with Crippen molar-refractivity contribution in [2.45, 2.75) is 19.6 Å². The molecule has 122 valence electrons. The van der Waals surface area contributed by atoms with E-state index < -0.39 is 0 Å². The van der Waals surface area contributed by atoms with Gasteiger partial charge < -0.3 is 21.7 Å². The molecule has 24 heavy (non-hydrogen) atoms. The van der Waals surface area contributed by atoms with Gasteiger partial charge in [-0.2, -0.15) is 0 Å². The van der Waals surface area contributed by atoms with Gasteiger partial charge in [0, 0.05) is 19.6 Å². The Kier molecular flexibility index (Phi) is 4.78. The summed E-state index contributed by atoms with van der Waals surface area (Å²) in [6, 6.07) is 18.5. The summed E-state index contributed by atoms with van der Waals surface area (Å²) in [5.41, 5.74) is 12.0. The summed E-state index contributed by atoms with van der Waals surface area (Å²) >= 11 is 3.10. The Morgan fingerprint density at radius 3 is 1.21 bits per heavy atom. The normalized spacial score (nSPS) is 10.7. The highest BCUT2D eigenvalue weighted by atomic mass is 32.2. The molecule has 0 atom stereocenters. The van der Waals surface area contributed by atoms with Crippen LogP contribution in [-0.2, 0) is 0 Å². The summed E-state index contributed by atoms with van der Waals surface area (Å²) in [6.45, 7) is 0. The Morgan fingerprint density at radius 1 is 0.542 bits per heavy atom. The third kappa shape index (κ3) is 3.90. The van der Waals surface area contributed by atoms with Crippen molar-refractivity contribution in [3.8, 4) is 11.5 Å². The summed E-state index contributed by atoms with van der Waals surface area (Å²) in [4.78, 5) is 3.96. The van der Waals surface area contributed by atoms with E-state index in [0.29, 0.717) is 11.4 Å². The largest absolute Gasteiger partial charge is 0.506 e. The maximum absolute atomic E-state index is 9.66. The standard InChI is InChI=1S/C18H16N2O2S2/c19-15-7-5-13(9-17(15)21)23-11-1-2-12(4-3-11)24-14-6-8-16(20)18(22)10-14/h1-10,21-22H,19-20H2. The molecule has 0 heterocycles. The number of aromatic hydroxyl groups is 2.